The summed E-state index contributed by atoms with van der Waals surface area (Å²) in [6, 6.07) is 7.07. The molecule has 0 spiro atoms. The number of nitrogens with zero attached hydrogens (tertiary/aromatic N) is 4. The van der Waals surface area contributed by atoms with Crippen molar-refractivity contribution in [3.05, 3.63) is 30.5 Å². The number of carbonyl (C=O) groups excluding carboxylic acids is 1. The number of fused-ring (bicyclic) bond motifs is 1. The van der Waals surface area contributed by atoms with Gasteiger partial charge in [0, 0.05) is 19.7 Å². The lowest BCUT2D eigenvalue weighted by molar-refractivity contribution is -0.123. The van der Waals surface area contributed by atoms with Crippen molar-refractivity contribution in [3.8, 4) is 11.5 Å². The molecular formula is C21H28N6O4S. The van der Waals surface area contributed by atoms with Crippen LogP contribution in [-0.4, -0.2) is 71.9 Å². The van der Waals surface area contributed by atoms with E-state index < -0.39 is 0 Å². The molecule has 2 N–H and O–H groups in total. The Hall–Kier alpha value is -3.05. The number of methoxy groups -OCH3 is 1. The maximum absolute atomic E-state index is 12.1. The van der Waals surface area contributed by atoms with E-state index in [4.69, 9.17) is 14.2 Å². The lowest BCUT2D eigenvalue weighted by Crippen LogP contribution is -2.31. The number of ether oxygens (including phenoxy) is 3. The Kier molecular flexibility index (Phi) is 8.93. The number of thioether (sulfide) groups is 1. The van der Waals surface area contributed by atoms with E-state index >= 15 is 0 Å². The Bertz CT molecular complexity index is 1010. The molecule has 0 saturated heterocycles. The fourth-order valence-electron chi connectivity index (χ4n) is 2.88. The van der Waals surface area contributed by atoms with Crippen LogP contribution in [-0.2, 0) is 16.1 Å². The molecule has 32 heavy (non-hydrogen) atoms. The molecule has 0 unspecified atom stereocenters. The first-order valence-corrected chi connectivity index (χ1v) is 11.5. The van der Waals surface area contributed by atoms with Gasteiger partial charge in [0.25, 0.3) is 5.91 Å². The van der Waals surface area contributed by atoms with Gasteiger partial charge in [0.2, 0.25) is 0 Å². The summed E-state index contributed by atoms with van der Waals surface area (Å²) >= 11 is 1.46. The Morgan fingerprint density at radius 2 is 1.94 bits per heavy atom. The normalized spacial score (nSPS) is 10.8. The van der Waals surface area contributed by atoms with E-state index in [1.54, 1.807) is 42.3 Å². The third kappa shape index (κ3) is 6.47. The average Bonchev–Trinajstić information content (AvgIpc) is 3.23. The van der Waals surface area contributed by atoms with Gasteiger partial charge in [0.15, 0.2) is 17.4 Å². The molecule has 2 heterocycles. The molecule has 3 aromatic rings. The van der Waals surface area contributed by atoms with E-state index in [0.29, 0.717) is 49.4 Å². The van der Waals surface area contributed by atoms with E-state index in [-0.39, 0.29) is 12.5 Å². The van der Waals surface area contributed by atoms with Crippen molar-refractivity contribution < 1.29 is 19.0 Å². The van der Waals surface area contributed by atoms with Gasteiger partial charge in [-0.25, -0.2) is 14.6 Å². The summed E-state index contributed by atoms with van der Waals surface area (Å²) in [5, 5.41) is 12.0. The molecule has 10 nitrogen and oxygen atoms in total. The summed E-state index contributed by atoms with van der Waals surface area (Å²) in [6.45, 7) is 4.67. The maximum Gasteiger partial charge on any atom is 0.258 e. The van der Waals surface area contributed by atoms with Gasteiger partial charge < -0.3 is 24.8 Å². The van der Waals surface area contributed by atoms with Gasteiger partial charge in [-0.2, -0.15) is 5.10 Å². The first-order chi connectivity index (χ1) is 15.6. The van der Waals surface area contributed by atoms with Gasteiger partial charge in [-0.3, -0.25) is 4.79 Å². The van der Waals surface area contributed by atoms with Crippen LogP contribution in [0.3, 0.4) is 0 Å². The number of hydrogen-bond donors (Lipinski definition) is 2. The third-order valence-corrected chi connectivity index (χ3v) is 5.02. The molecule has 0 saturated carbocycles. The number of aromatic nitrogens is 4. The van der Waals surface area contributed by atoms with E-state index in [0.717, 1.165) is 17.0 Å². The summed E-state index contributed by atoms with van der Waals surface area (Å²) in [6.07, 6.45) is 3.66. The van der Waals surface area contributed by atoms with Gasteiger partial charge in [-0.1, -0.05) is 11.8 Å². The van der Waals surface area contributed by atoms with Crippen molar-refractivity contribution >= 4 is 34.5 Å². The molecule has 0 aliphatic rings. The highest BCUT2D eigenvalue weighted by molar-refractivity contribution is 7.98. The highest BCUT2D eigenvalue weighted by Crippen LogP contribution is 2.23. The quantitative estimate of drug-likeness (QED) is 0.225. The van der Waals surface area contributed by atoms with Gasteiger partial charge in [0.05, 0.1) is 31.8 Å². The van der Waals surface area contributed by atoms with Crippen molar-refractivity contribution in [1.82, 2.24) is 25.1 Å². The van der Waals surface area contributed by atoms with Gasteiger partial charge in [0.1, 0.15) is 17.3 Å². The lowest BCUT2D eigenvalue weighted by atomic mass is 10.3. The lowest BCUT2D eigenvalue weighted by Gasteiger charge is -2.10. The molecular weight excluding hydrogens is 432 g/mol. The van der Waals surface area contributed by atoms with Crippen molar-refractivity contribution in [2.24, 2.45) is 0 Å². The summed E-state index contributed by atoms with van der Waals surface area (Å²) in [7, 11) is 1.60. The van der Waals surface area contributed by atoms with Crippen molar-refractivity contribution in [2.45, 2.75) is 18.6 Å². The molecule has 1 amide bonds. The number of nitrogens with one attached hydrogen (secondary N) is 2. The monoisotopic (exact) mass is 460 g/mol. The highest BCUT2D eigenvalue weighted by Gasteiger charge is 2.13. The van der Waals surface area contributed by atoms with Crippen molar-refractivity contribution in [1.29, 1.82) is 0 Å². The Morgan fingerprint density at radius 3 is 2.66 bits per heavy atom. The summed E-state index contributed by atoms with van der Waals surface area (Å²) in [5.41, 5.74) is 0.715. The molecule has 11 heteroatoms. The second-order valence-corrected chi connectivity index (χ2v) is 7.38. The van der Waals surface area contributed by atoms with Gasteiger partial charge in [-0.05, 0) is 37.4 Å². The van der Waals surface area contributed by atoms with E-state index in [1.807, 2.05) is 13.2 Å². The predicted octanol–water partition coefficient (Wildman–Crippen LogP) is 2.20. The first kappa shape index (κ1) is 23.6. The fraction of sp³-hybridized carbons (Fsp3) is 0.429. The molecule has 3 rings (SSSR count). The summed E-state index contributed by atoms with van der Waals surface area (Å²) in [4.78, 5) is 21.2. The van der Waals surface area contributed by atoms with Crippen LogP contribution in [0.2, 0.25) is 0 Å². The number of benzene rings is 1. The molecule has 1 aromatic carbocycles. The third-order valence-electron chi connectivity index (χ3n) is 4.48. The van der Waals surface area contributed by atoms with E-state index in [1.165, 1.54) is 11.8 Å². The van der Waals surface area contributed by atoms with Crippen molar-refractivity contribution in [2.75, 3.05) is 51.6 Å². The molecule has 0 aliphatic carbocycles. The molecule has 172 valence electrons. The zero-order valence-electron chi connectivity index (χ0n) is 18.5. The van der Waals surface area contributed by atoms with Crippen LogP contribution in [0.5, 0.6) is 11.5 Å². The second kappa shape index (κ2) is 12.1. The minimum Gasteiger partial charge on any atom is -0.497 e. The number of rotatable bonds is 13. The minimum absolute atomic E-state index is 0.0706. The number of hydrogen-bond acceptors (Lipinski definition) is 9. The van der Waals surface area contributed by atoms with Gasteiger partial charge >= 0.3 is 0 Å². The molecule has 0 aliphatic heterocycles. The predicted molar refractivity (Wildman–Crippen MR) is 124 cm³/mol. The zero-order chi connectivity index (χ0) is 22.8. The fourth-order valence-corrected chi connectivity index (χ4v) is 3.24. The Labute approximate surface area is 191 Å². The molecule has 0 radical (unpaired) electrons. The van der Waals surface area contributed by atoms with Crippen LogP contribution in [0.25, 0.3) is 11.0 Å². The molecule has 0 bridgehead atoms. The second-order valence-electron chi connectivity index (χ2n) is 6.60. The van der Waals surface area contributed by atoms with Crippen molar-refractivity contribution in [3.63, 3.8) is 0 Å². The number of carbonyl (C=O) groups is 1. The van der Waals surface area contributed by atoms with Crippen LogP contribution < -0.4 is 20.1 Å². The maximum atomic E-state index is 12.1. The SMILES string of the molecule is CCOCCNc1nc(SC)nc2c1cnn2CCNC(=O)COc1ccc(OC)cc1. The Morgan fingerprint density at radius 1 is 1.16 bits per heavy atom. The topological polar surface area (TPSA) is 112 Å². The van der Waals surface area contributed by atoms with Crippen LogP contribution >= 0.6 is 11.8 Å². The summed E-state index contributed by atoms with van der Waals surface area (Å²) < 4.78 is 17.7. The molecule has 0 atom stereocenters. The van der Waals surface area contributed by atoms with Crippen LogP contribution in [0.15, 0.2) is 35.6 Å². The zero-order valence-corrected chi connectivity index (χ0v) is 19.3. The molecule has 0 fully saturated rings. The smallest absolute Gasteiger partial charge is 0.258 e. The standard InChI is InChI=1S/C21H28N6O4S/c1-4-30-12-10-23-19-17-13-24-27(20(17)26-21(25-19)32-3)11-9-22-18(28)14-31-16-7-5-15(29-2)6-8-16/h5-8,13H,4,9-12,14H2,1-3H3,(H,22,28)(H,23,25,26). The number of amides is 1. The summed E-state index contributed by atoms with van der Waals surface area (Å²) in [5.74, 6) is 1.84. The minimum atomic E-state index is -0.213. The highest BCUT2D eigenvalue weighted by atomic mass is 32.2. The van der Waals surface area contributed by atoms with E-state index in [9.17, 15) is 4.79 Å². The average molecular weight is 461 g/mol. The van der Waals surface area contributed by atoms with Crippen LogP contribution in [0, 0.1) is 0 Å². The van der Waals surface area contributed by atoms with Crippen LogP contribution in [0.4, 0.5) is 5.82 Å². The van der Waals surface area contributed by atoms with E-state index in [2.05, 4.69) is 25.7 Å². The molecule has 2 aromatic heterocycles. The largest absolute Gasteiger partial charge is 0.497 e. The van der Waals surface area contributed by atoms with Gasteiger partial charge in [-0.15, -0.1) is 0 Å². The number of anilines is 1. The first-order valence-electron chi connectivity index (χ1n) is 10.3. The Balaban J connectivity index is 1.54. The van der Waals surface area contributed by atoms with Crippen LogP contribution in [0.1, 0.15) is 6.92 Å².